The molecule has 0 aliphatic carbocycles. The van der Waals surface area contributed by atoms with E-state index in [0.29, 0.717) is 0 Å². The molecule has 0 saturated carbocycles. The monoisotopic (exact) mass is 208 g/mol. The molecule has 0 radical (unpaired) electrons. The maximum atomic E-state index is 12.6. The topological polar surface area (TPSA) is 9.23 Å². The highest BCUT2D eigenvalue weighted by Gasteiger charge is 2.61. The Morgan fingerprint density at radius 2 is 1.67 bits per heavy atom. The minimum atomic E-state index is -4.51. The van der Waals surface area contributed by atoms with Crippen molar-refractivity contribution in [3.8, 4) is 0 Å². The molecule has 1 rings (SSSR count). The van der Waals surface area contributed by atoms with Gasteiger partial charge in [0.1, 0.15) is 0 Å². The van der Waals surface area contributed by atoms with Crippen molar-refractivity contribution >= 4 is 11.6 Å². The van der Waals surface area contributed by atoms with Crippen molar-refractivity contribution in [2.24, 2.45) is 0 Å². The molecule has 1 aliphatic heterocycles. The standard InChI is InChI=1S/C5H2ClF5O/c6-5(10,11)3(7)1-2-4(8,9)12-3/h1-2H. The van der Waals surface area contributed by atoms with E-state index in [0.717, 1.165) is 0 Å². The summed E-state index contributed by atoms with van der Waals surface area (Å²) < 4.78 is 63.9. The number of ether oxygens (including phenoxy) is 1. The van der Waals surface area contributed by atoms with E-state index in [1.165, 1.54) is 0 Å². The summed E-state index contributed by atoms with van der Waals surface area (Å²) in [7, 11) is 0. The Morgan fingerprint density at radius 3 is 1.83 bits per heavy atom. The molecule has 0 bridgehead atoms. The number of hydrogen-bond donors (Lipinski definition) is 0. The van der Waals surface area contributed by atoms with Gasteiger partial charge in [0.25, 0.3) is 0 Å². The van der Waals surface area contributed by atoms with Crippen LogP contribution >= 0.6 is 11.6 Å². The second kappa shape index (κ2) is 2.32. The molecule has 0 amide bonds. The van der Waals surface area contributed by atoms with Crippen LogP contribution in [0.25, 0.3) is 0 Å². The van der Waals surface area contributed by atoms with Crippen molar-refractivity contribution in [1.29, 1.82) is 0 Å². The van der Waals surface area contributed by atoms with Crippen LogP contribution in [0.4, 0.5) is 22.0 Å². The Morgan fingerprint density at radius 1 is 1.17 bits per heavy atom. The first-order chi connectivity index (χ1) is 5.16. The number of rotatable bonds is 1. The summed E-state index contributed by atoms with van der Waals surface area (Å²) >= 11 is 4.19. The van der Waals surface area contributed by atoms with Crippen LogP contribution in [0.3, 0.4) is 0 Å². The molecular formula is C5H2ClF5O. The van der Waals surface area contributed by atoms with E-state index >= 15 is 0 Å². The number of hydrogen-bond acceptors (Lipinski definition) is 1. The molecule has 1 aliphatic rings. The highest BCUT2D eigenvalue weighted by Crippen LogP contribution is 2.46. The lowest BCUT2D eigenvalue weighted by molar-refractivity contribution is -0.312. The van der Waals surface area contributed by atoms with E-state index in [9.17, 15) is 22.0 Å². The molecule has 0 aromatic rings. The molecule has 0 aromatic carbocycles. The Balaban J connectivity index is 2.88. The van der Waals surface area contributed by atoms with Crippen molar-refractivity contribution < 1.29 is 26.7 Å². The summed E-state index contributed by atoms with van der Waals surface area (Å²) in [6, 6.07) is 0. The summed E-state index contributed by atoms with van der Waals surface area (Å²) in [6.07, 6.45) is -4.27. The van der Waals surface area contributed by atoms with Gasteiger partial charge in [-0.2, -0.15) is 22.0 Å². The van der Waals surface area contributed by atoms with Gasteiger partial charge >= 0.3 is 17.3 Å². The minimum Gasteiger partial charge on any atom is -0.269 e. The maximum Gasteiger partial charge on any atom is 0.383 e. The van der Waals surface area contributed by atoms with Crippen molar-refractivity contribution in [2.45, 2.75) is 17.3 Å². The molecular weight excluding hydrogens is 206 g/mol. The summed E-state index contributed by atoms with van der Waals surface area (Å²) in [5.41, 5.74) is 0. The first-order valence-corrected chi connectivity index (χ1v) is 3.08. The van der Waals surface area contributed by atoms with Crippen LogP contribution in [0, 0.1) is 0 Å². The molecule has 1 nitrogen and oxygen atoms in total. The van der Waals surface area contributed by atoms with Crippen LogP contribution in [-0.2, 0) is 4.74 Å². The molecule has 0 aromatic heterocycles. The molecule has 1 atom stereocenters. The zero-order valence-corrected chi connectivity index (χ0v) is 6.09. The van der Waals surface area contributed by atoms with Crippen molar-refractivity contribution in [2.75, 3.05) is 0 Å². The normalized spacial score (nSPS) is 34.2. The molecule has 70 valence electrons. The van der Waals surface area contributed by atoms with Gasteiger partial charge in [0.15, 0.2) is 0 Å². The van der Waals surface area contributed by atoms with E-state index in [-0.39, 0.29) is 12.2 Å². The van der Waals surface area contributed by atoms with Crippen LogP contribution in [0.5, 0.6) is 0 Å². The highest BCUT2D eigenvalue weighted by atomic mass is 35.5. The average Bonchev–Trinajstić information content (AvgIpc) is 2.05. The zero-order chi connectivity index (χ0) is 9.62. The third-order valence-corrected chi connectivity index (χ3v) is 1.42. The zero-order valence-electron chi connectivity index (χ0n) is 5.33. The van der Waals surface area contributed by atoms with E-state index < -0.39 is 17.3 Å². The van der Waals surface area contributed by atoms with Gasteiger partial charge in [-0.15, -0.1) is 0 Å². The first-order valence-electron chi connectivity index (χ1n) is 2.70. The maximum absolute atomic E-state index is 12.6. The first kappa shape index (κ1) is 9.73. The Bertz CT molecular complexity index is 222. The second-order valence-corrected chi connectivity index (χ2v) is 2.61. The SMILES string of the molecule is FC1(F)C=CC(F)(C(F)(F)Cl)O1. The van der Waals surface area contributed by atoms with E-state index in [1.54, 1.807) is 0 Å². The lowest BCUT2D eigenvalue weighted by Crippen LogP contribution is -2.41. The predicted molar refractivity (Wildman–Crippen MR) is 29.8 cm³/mol. The molecule has 0 spiro atoms. The van der Waals surface area contributed by atoms with Crippen molar-refractivity contribution in [1.82, 2.24) is 0 Å². The van der Waals surface area contributed by atoms with E-state index in [2.05, 4.69) is 16.3 Å². The Labute approximate surface area is 68.7 Å². The van der Waals surface area contributed by atoms with Gasteiger partial charge in [-0.3, -0.25) is 4.74 Å². The summed E-state index contributed by atoms with van der Waals surface area (Å²) in [4.78, 5) is 0. The number of alkyl halides is 6. The molecule has 7 heteroatoms. The summed E-state index contributed by atoms with van der Waals surface area (Å²) in [5.74, 6) is -3.93. The van der Waals surface area contributed by atoms with Crippen molar-refractivity contribution in [3.63, 3.8) is 0 Å². The van der Waals surface area contributed by atoms with Gasteiger partial charge in [-0.05, 0) is 17.7 Å². The van der Waals surface area contributed by atoms with Crippen LogP contribution in [-0.4, -0.2) is 17.3 Å². The highest BCUT2D eigenvalue weighted by molar-refractivity contribution is 6.22. The van der Waals surface area contributed by atoms with Gasteiger partial charge in [-0.1, -0.05) is 0 Å². The largest absolute Gasteiger partial charge is 0.383 e. The molecule has 0 saturated heterocycles. The second-order valence-electron chi connectivity index (χ2n) is 2.14. The molecule has 1 heterocycles. The quantitative estimate of drug-likeness (QED) is 0.366. The fourth-order valence-electron chi connectivity index (χ4n) is 0.623. The van der Waals surface area contributed by atoms with E-state index in [1.807, 2.05) is 0 Å². The average molecular weight is 209 g/mol. The van der Waals surface area contributed by atoms with Crippen LogP contribution in [0.1, 0.15) is 0 Å². The fraction of sp³-hybridized carbons (Fsp3) is 0.600. The number of halogens is 6. The Hall–Kier alpha value is -0.360. The van der Waals surface area contributed by atoms with Gasteiger partial charge in [0.2, 0.25) is 0 Å². The smallest absolute Gasteiger partial charge is 0.269 e. The summed E-state index contributed by atoms with van der Waals surface area (Å²) in [5, 5.41) is -4.51. The molecule has 0 fully saturated rings. The third kappa shape index (κ3) is 1.54. The van der Waals surface area contributed by atoms with Gasteiger partial charge in [0, 0.05) is 6.08 Å². The summed E-state index contributed by atoms with van der Waals surface area (Å²) in [6.45, 7) is 0. The fourth-order valence-corrected chi connectivity index (χ4v) is 0.724. The van der Waals surface area contributed by atoms with Gasteiger partial charge < -0.3 is 0 Å². The minimum absolute atomic E-state index is 0.111. The lowest BCUT2D eigenvalue weighted by Gasteiger charge is -2.23. The van der Waals surface area contributed by atoms with E-state index in [4.69, 9.17) is 0 Å². The van der Waals surface area contributed by atoms with Gasteiger partial charge in [-0.25, -0.2) is 0 Å². The van der Waals surface area contributed by atoms with Crippen molar-refractivity contribution in [3.05, 3.63) is 12.2 Å². The van der Waals surface area contributed by atoms with Gasteiger partial charge in [0.05, 0.1) is 0 Å². The molecule has 1 unspecified atom stereocenters. The van der Waals surface area contributed by atoms with Crippen LogP contribution in [0.2, 0.25) is 0 Å². The molecule has 0 N–H and O–H groups in total. The lowest BCUT2D eigenvalue weighted by atomic mass is 10.3. The van der Waals surface area contributed by atoms with Crippen LogP contribution in [0.15, 0.2) is 12.2 Å². The predicted octanol–water partition coefficient (Wildman–Crippen LogP) is 2.66. The van der Waals surface area contributed by atoms with Crippen LogP contribution < -0.4 is 0 Å². The Kier molecular flexibility index (Phi) is 1.88. The third-order valence-electron chi connectivity index (χ3n) is 1.16. The molecule has 12 heavy (non-hydrogen) atoms.